The molecule has 4 rings (SSSR count). The van der Waals surface area contributed by atoms with Crippen LogP contribution in [-0.2, 0) is 0 Å². The summed E-state index contributed by atoms with van der Waals surface area (Å²) in [5.74, 6) is -0.301. The molecule has 0 saturated heterocycles. The van der Waals surface area contributed by atoms with E-state index in [1.807, 2.05) is 42.5 Å². The van der Waals surface area contributed by atoms with Crippen molar-refractivity contribution < 1.29 is 4.39 Å². The average molecular weight is 465 g/mol. The fraction of sp³-hybridized carbons (Fsp3) is 0.0526. The molecule has 2 heterocycles. The molecule has 4 aromatic rings. The zero-order valence-corrected chi connectivity index (χ0v) is 15.6. The van der Waals surface area contributed by atoms with Gasteiger partial charge < -0.3 is 5.73 Å². The first-order chi connectivity index (χ1) is 11.5. The third kappa shape index (κ3) is 4.96. The topological polar surface area (TPSA) is 51.8 Å². The molecule has 0 unspecified atom stereocenters. The maximum atomic E-state index is 12.7. The van der Waals surface area contributed by atoms with Gasteiger partial charge in [-0.2, -0.15) is 0 Å². The van der Waals surface area contributed by atoms with Crippen molar-refractivity contribution in [3.05, 3.63) is 75.7 Å². The second kappa shape index (κ2) is 8.36. The molecule has 128 valence electrons. The van der Waals surface area contributed by atoms with Crippen molar-refractivity contribution in [3.63, 3.8) is 0 Å². The molecule has 0 aliphatic heterocycles. The summed E-state index contributed by atoms with van der Waals surface area (Å²) in [5.41, 5.74) is 8.04. The summed E-state index contributed by atoms with van der Waals surface area (Å²) in [4.78, 5) is 8.12. The Morgan fingerprint density at radius 3 is 1.88 bits per heavy atom. The first-order valence-electron chi connectivity index (χ1n) is 7.03. The molecule has 2 aromatic heterocycles. The van der Waals surface area contributed by atoms with E-state index in [1.165, 1.54) is 12.3 Å². The van der Waals surface area contributed by atoms with Gasteiger partial charge in [0.2, 0.25) is 0 Å². The molecule has 0 atom stereocenters. The predicted molar refractivity (Wildman–Crippen MR) is 110 cm³/mol. The quantitative estimate of drug-likeness (QED) is 0.329. The molecule has 25 heavy (non-hydrogen) atoms. The zero-order chi connectivity index (χ0) is 17.1. The van der Waals surface area contributed by atoms with Crippen LogP contribution in [0.15, 0.2) is 69.9 Å². The number of nitrogen functional groups attached to an aromatic ring is 1. The Hall–Kier alpha value is -2.05. The van der Waals surface area contributed by atoms with Crippen LogP contribution < -0.4 is 5.73 Å². The Bertz CT molecular complexity index is 856. The van der Waals surface area contributed by atoms with E-state index in [1.54, 1.807) is 6.20 Å². The molecule has 6 heteroatoms. The predicted octanol–water partition coefficient (Wildman–Crippen LogP) is 6.35. The van der Waals surface area contributed by atoms with Crippen LogP contribution in [0.1, 0.15) is 7.43 Å². The highest BCUT2D eigenvalue weighted by Gasteiger charge is 1.97. The van der Waals surface area contributed by atoms with Crippen LogP contribution in [0.2, 0.25) is 0 Å². The van der Waals surface area contributed by atoms with Crippen molar-refractivity contribution >= 4 is 59.4 Å². The van der Waals surface area contributed by atoms with Gasteiger partial charge in [0.05, 0.1) is 29.1 Å². The number of nitrogens with two attached hydrogens (primary N) is 1. The van der Waals surface area contributed by atoms with E-state index in [4.69, 9.17) is 5.73 Å². The van der Waals surface area contributed by atoms with Gasteiger partial charge >= 0.3 is 0 Å². The number of nitrogens with zero attached hydrogens (tertiary/aromatic N) is 2. The van der Waals surface area contributed by atoms with Crippen LogP contribution in [-0.4, -0.2) is 9.97 Å². The van der Waals surface area contributed by atoms with Gasteiger partial charge in [0, 0.05) is 19.7 Å². The van der Waals surface area contributed by atoms with Crippen molar-refractivity contribution in [3.8, 4) is 0 Å². The number of hydrogen-bond donors (Lipinski definition) is 1. The lowest BCUT2D eigenvalue weighted by atomic mass is 10.2. The number of aromatic nitrogens is 2. The number of anilines is 1. The summed E-state index contributed by atoms with van der Waals surface area (Å²) in [5, 5.41) is 1.89. The summed E-state index contributed by atoms with van der Waals surface area (Å²) < 4.78 is 14.7. The summed E-state index contributed by atoms with van der Waals surface area (Å²) in [6.07, 6.45) is 2.88. The molecule has 0 spiro atoms. The SMILES string of the molecule is C.Fc1cnc2cc(Br)ccc2c1.Nc1cnc2cc(Br)ccc2c1. The third-order valence-electron chi connectivity index (χ3n) is 3.28. The normalized spacial score (nSPS) is 10.0. The molecule has 3 nitrogen and oxygen atoms in total. The number of pyridine rings is 2. The van der Waals surface area contributed by atoms with Gasteiger partial charge in [-0.25, -0.2) is 4.39 Å². The van der Waals surface area contributed by atoms with Crippen molar-refractivity contribution in [1.82, 2.24) is 9.97 Å². The first kappa shape index (κ1) is 19.3. The standard InChI is InChI=1S/C9H5BrFN.C9H7BrN2.CH4/c2*10-7-2-1-6-3-8(11)5-12-9(6)4-7;/h1-5H;1-5H,11H2;1H4. The van der Waals surface area contributed by atoms with Crippen LogP contribution in [0.25, 0.3) is 21.8 Å². The molecular weight excluding hydrogens is 449 g/mol. The van der Waals surface area contributed by atoms with E-state index in [0.717, 1.165) is 30.8 Å². The summed E-state index contributed by atoms with van der Waals surface area (Å²) in [6, 6.07) is 14.9. The lowest BCUT2D eigenvalue weighted by Crippen LogP contribution is -1.86. The van der Waals surface area contributed by atoms with Crippen LogP contribution in [0, 0.1) is 5.82 Å². The second-order valence-corrected chi connectivity index (χ2v) is 6.93. The van der Waals surface area contributed by atoms with Gasteiger partial charge in [-0.15, -0.1) is 0 Å². The van der Waals surface area contributed by atoms with Gasteiger partial charge in [0.1, 0.15) is 5.82 Å². The molecule has 0 bridgehead atoms. The monoisotopic (exact) mass is 463 g/mol. The molecule has 2 N–H and O–H groups in total. The van der Waals surface area contributed by atoms with Crippen LogP contribution in [0.4, 0.5) is 10.1 Å². The Morgan fingerprint density at radius 1 is 0.760 bits per heavy atom. The van der Waals surface area contributed by atoms with Crippen molar-refractivity contribution in [1.29, 1.82) is 0 Å². The molecule has 0 saturated carbocycles. The number of fused-ring (bicyclic) bond motifs is 2. The van der Waals surface area contributed by atoms with Crippen LogP contribution >= 0.6 is 31.9 Å². The van der Waals surface area contributed by atoms with E-state index < -0.39 is 0 Å². The smallest absolute Gasteiger partial charge is 0.142 e. The minimum Gasteiger partial charge on any atom is -0.397 e. The van der Waals surface area contributed by atoms with Gasteiger partial charge in [-0.05, 0) is 36.4 Å². The van der Waals surface area contributed by atoms with Gasteiger partial charge in [0.25, 0.3) is 0 Å². The largest absolute Gasteiger partial charge is 0.397 e. The highest BCUT2D eigenvalue weighted by molar-refractivity contribution is 9.10. The average Bonchev–Trinajstić information content (AvgIpc) is 2.56. The highest BCUT2D eigenvalue weighted by Crippen LogP contribution is 2.19. The fourth-order valence-corrected chi connectivity index (χ4v) is 2.88. The molecule has 2 aromatic carbocycles. The minimum atomic E-state index is -0.301. The lowest BCUT2D eigenvalue weighted by molar-refractivity contribution is 0.624. The van der Waals surface area contributed by atoms with Gasteiger partial charge in [0.15, 0.2) is 0 Å². The number of rotatable bonds is 0. The Balaban J connectivity index is 0.000000173. The summed E-state index contributed by atoms with van der Waals surface area (Å²) in [6.45, 7) is 0. The molecule has 0 radical (unpaired) electrons. The second-order valence-electron chi connectivity index (χ2n) is 5.10. The van der Waals surface area contributed by atoms with E-state index >= 15 is 0 Å². The van der Waals surface area contributed by atoms with Crippen LogP contribution in [0.5, 0.6) is 0 Å². The first-order valence-corrected chi connectivity index (χ1v) is 8.61. The zero-order valence-electron chi connectivity index (χ0n) is 12.4. The van der Waals surface area contributed by atoms with Crippen LogP contribution in [0.3, 0.4) is 0 Å². The lowest BCUT2D eigenvalue weighted by Gasteiger charge is -1.98. The molecule has 0 aliphatic carbocycles. The van der Waals surface area contributed by atoms with Gasteiger partial charge in [-0.3, -0.25) is 9.97 Å². The van der Waals surface area contributed by atoms with E-state index in [-0.39, 0.29) is 13.2 Å². The van der Waals surface area contributed by atoms with Gasteiger partial charge in [-0.1, -0.05) is 51.4 Å². The summed E-state index contributed by atoms with van der Waals surface area (Å²) in [7, 11) is 0. The van der Waals surface area contributed by atoms with Crippen molar-refractivity contribution in [2.75, 3.05) is 5.73 Å². The third-order valence-corrected chi connectivity index (χ3v) is 4.27. The molecule has 0 aliphatic rings. The maximum Gasteiger partial charge on any atom is 0.142 e. The maximum absolute atomic E-state index is 12.7. The van der Waals surface area contributed by atoms with Crippen molar-refractivity contribution in [2.45, 2.75) is 7.43 Å². The molecule has 0 amide bonds. The number of halogens is 3. The number of benzene rings is 2. The molecular formula is C19H16Br2FN3. The van der Waals surface area contributed by atoms with Crippen molar-refractivity contribution in [2.24, 2.45) is 0 Å². The Kier molecular flexibility index (Phi) is 6.45. The van der Waals surface area contributed by atoms with E-state index in [0.29, 0.717) is 5.69 Å². The van der Waals surface area contributed by atoms with E-state index in [2.05, 4.69) is 41.8 Å². The van der Waals surface area contributed by atoms with E-state index in [9.17, 15) is 4.39 Å². The summed E-state index contributed by atoms with van der Waals surface area (Å²) >= 11 is 6.70. The number of hydrogen-bond acceptors (Lipinski definition) is 3. The minimum absolute atomic E-state index is 0. The Morgan fingerprint density at radius 2 is 1.28 bits per heavy atom. The highest BCUT2D eigenvalue weighted by atomic mass is 79.9. The Labute approximate surface area is 162 Å². The molecule has 0 fully saturated rings. The fourth-order valence-electron chi connectivity index (χ4n) is 2.18.